The topological polar surface area (TPSA) is 9.23 Å². The number of rotatable bonds is 4. The van der Waals surface area contributed by atoms with Crippen molar-refractivity contribution in [2.75, 3.05) is 0 Å². The smallest absolute Gasteiger partial charge is 0.0721 e. The highest BCUT2D eigenvalue weighted by Crippen LogP contribution is 2.07. The molecular weight excluding hydrogens is 227 g/mol. The fourth-order valence-corrected chi connectivity index (χ4v) is 1.98. The largest absolute Gasteiger partial charge is 0.372 e. The summed E-state index contributed by atoms with van der Waals surface area (Å²) < 4.78 is 5.69. The molecule has 0 aromatic heterocycles. The van der Waals surface area contributed by atoms with Gasteiger partial charge in [-0.1, -0.05) is 48.0 Å². The van der Waals surface area contributed by atoms with Crippen LogP contribution >= 0.6 is 9.24 Å². The lowest BCUT2D eigenvalue weighted by molar-refractivity contribution is 0.107. The second-order valence-electron chi connectivity index (χ2n) is 4.22. The van der Waals surface area contributed by atoms with Crippen LogP contribution in [0, 0.1) is 6.92 Å². The summed E-state index contributed by atoms with van der Waals surface area (Å²) in [5.74, 6) is 0. The lowest BCUT2D eigenvalue weighted by Gasteiger charge is -2.05. The Hall–Kier alpha value is -1.17. The van der Waals surface area contributed by atoms with E-state index in [-0.39, 0.29) is 0 Å². The molecule has 0 bridgehead atoms. The van der Waals surface area contributed by atoms with Crippen molar-refractivity contribution >= 4 is 14.5 Å². The second-order valence-corrected chi connectivity index (χ2v) is 4.89. The molecule has 1 atom stereocenters. The highest BCUT2D eigenvalue weighted by atomic mass is 31.0. The van der Waals surface area contributed by atoms with Gasteiger partial charge in [-0.25, -0.2) is 0 Å². The van der Waals surface area contributed by atoms with Crippen molar-refractivity contribution in [3.8, 4) is 0 Å². The van der Waals surface area contributed by atoms with E-state index in [1.54, 1.807) is 0 Å². The van der Waals surface area contributed by atoms with Crippen LogP contribution in [0.1, 0.15) is 16.7 Å². The van der Waals surface area contributed by atoms with Gasteiger partial charge in [-0.15, -0.1) is 9.24 Å². The van der Waals surface area contributed by atoms with E-state index in [2.05, 4.69) is 58.6 Å². The standard InChI is InChI=1S/C15H17OP/c1-12-5-7-13(8-6-12)10-16-11-14-3-2-4-15(17)9-14/h2-9H,10-11,17H2,1H3. The fourth-order valence-electron chi connectivity index (χ4n) is 1.65. The van der Waals surface area contributed by atoms with Crippen molar-refractivity contribution in [3.63, 3.8) is 0 Å². The van der Waals surface area contributed by atoms with Gasteiger partial charge in [0.15, 0.2) is 0 Å². The molecule has 0 saturated heterocycles. The predicted molar refractivity (Wildman–Crippen MR) is 75.5 cm³/mol. The molecule has 1 unspecified atom stereocenters. The molecule has 0 N–H and O–H groups in total. The number of hydrogen-bond acceptors (Lipinski definition) is 1. The maximum Gasteiger partial charge on any atom is 0.0721 e. The van der Waals surface area contributed by atoms with Gasteiger partial charge >= 0.3 is 0 Å². The summed E-state index contributed by atoms with van der Waals surface area (Å²) in [5.41, 5.74) is 3.71. The van der Waals surface area contributed by atoms with Crippen LogP contribution in [0.5, 0.6) is 0 Å². The number of hydrogen-bond donors (Lipinski definition) is 0. The molecule has 2 aromatic rings. The zero-order chi connectivity index (χ0) is 12.1. The third kappa shape index (κ3) is 3.96. The molecule has 1 nitrogen and oxygen atoms in total. The first-order valence-electron chi connectivity index (χ1n) is 5.72. The lowest BCUT2D eigenvalue weighted by atomic mass is 10.2. The first-order valence-corrected chi connectivity index (χ1v) is 6.29. The molecule has 2 rings (SSSR count). The Morgan fingerprint density at radius 3 is 2.35 bits per heavy atom. The van der Waals surface area contributed by atoms with Gasteiger partial charge in [0.25, 0.3) is 0 Å². The van der Waals surface area contributed by atoms with Crippen LogP contribution in [-0.2, 0) is 18.0 Å². The summed E-state index contributed by atoms with van der Waals surface area (Å²) in [4.78, 5) is 0. The highest BCUT2D eigenvalue weighted by molar-refractivity contribution is 7.27. The van der Waals surface area contributed by atoms with Crippen LogP contribution in [-0.4, -0.2) is 0 Å². The van der Waals surface area contributed by atoms with Crippen molar-refractivity contribution < 1.29 is 4.74 Å². The normalized spacial score (nSPS) is 10.5. The van der Waals surface area contributed by atoms with E-state index < -0.39 is 0 Å². The van der Waals surface area contributed by atoms with Gasteiger partial charge in [0.05, 0.1) is 13.2 Å². The van der Waals surface area contributed by atoms with Crippen LogP contribution in [0.4, 0.5) is 0 Å². The Kier molecular flexibility index (Phi) is 4.30. The fraction of sp³-hybridized carbons (Fsp3) is 0.200. The monoisotopic (exact) mass is 244 g/mol. The zero-order valence-corrected chi connectivity index (χ0v) is 11.2. The lowest BCUT2D eigenvalue weighted by Crippen LogP contribution is -1.97. The summed E-state index contributed by atoms with van der Waals surface area (Å²) in [6.45, 7) is 3.42. The molecule has 0 aliphatic rings. The van der Waals surface area contributed by atoms with Gasteiger partial charge in [0.2, 0.25) is 0 Å². The summed E-state index contributed by atoms with van der Waals surface area (Å²) in [6.07, 6.45) is 0. The predicted octanol–water partition coefficient (Wildman–Crippen LogP) is 3.21. The van der Waals surface area contributed by atoms with Crippen LogP contribution < -0.4 is 5.30 Å². The summed E-state index contributed by atoms with van der Waals surface area (Å²) in [6, 6.07) is 16.8. The number of aryl methyl sites for hydroxylation is 1. The first kappa shape index (κ1) is 12.3. The Balaban J connectivity index is 1.85. The van der Waals surface area contributed by atoms with Crippen LogP contribution in [0.2, 0.25) is 0 Å². The Morgan fingerprint density at radius 1 is 0.941 bits per heavy atom. The molecule has 0 amide bonds. The summed E-state index contributed by atoms with van der Waals surface area (Å²) in [5, 5.41) is 1.20. The molecule has 0 aliphatic heterocycles. The Bertz CT molecular complexity index is 477. The quantitative estimate of drug-likeness (QED) is 0.750. The molecule has 0 saturated carbocycles. The van der Waals surface area contributed by atoms with Gasteiger partial charge in [-0.3, -0.25) is 0 Å². The van der Waals surface area contributed by atoms with Crippen molar-refractivity contribution in [3.05, 3.63) is 65.2 Å². The van der Waals surface area contributed by atoms with Gasteiger partial charge < -0.3 is 4.74 Å². The van der Waals surface area contributed by atoms with E-state index in [0.717, 1.165) is 0 Å². The number of ether oxygens (including phenoxy) is 1. The van der Waals surface area contributed by atoms with Crippen molar-refractivity contribution in [2.24, 2.45) is 0 Å². The van der Waals surface area contributed by atoms with Crippen molar-refractivity contribution in [1.29, 1.82) is 0 Å². The average Bonchev–Trinajstić information content (AvgIpc) is 2.32. The molecule has 17 heavy (non-hydrogen) atoms. The molecule has 0 heterocycles. The van der Waals surface area contributed by atoms with Gasteiger partial charge in [0.1, 0.15) is 0 Å². The van der Waals surface area contributed by atoms with Gasteiger partial charge in [0, 0.05) is 0 Å². The maximum absolute atomic E-state index is 5.69. The molecule has 2 aromatic carbocycles. The SMILES string of the molecule is Cc1ccc(COCc2cccc(P)c2)cc1. The van der Waals surface area contributed by atoms with Crippen LogP contribution in [0.3, 0.4) is 0 Å². The van der Waals surface area contributed by atoms with E-state index in [0.29, 0.717) is 13.2 Å². The highest BCUT2D eigenvalue weighted by Gasteiger charge is 1.95. The minimum Gasteiger partial charge on any atom is -0.372 e. The van der Waals surface area contributed by atoms with E-state index >= 15 is 0 Å². The zero-order valence-electron chi connectivity index (χ0n) is 10.0. The molecule has 0 spiro atoms. The molecule has 0 radical (unpaired) electrons. The maximum atomic E-state index is 5.69. The van der Waals surface area contributed by atoms with Gasteiger partial charge in [-0.2, -0.15) is 0 Å². The molecule has 2 heteroatoms. The van der Waals surface area contributed by atoms with E-state index in [4.69, 9.17) is 4.74 Å². The third-order valence-electron chi connectivity index (χ3n) is 2.61. The molecule has 88 valence electrons. The van der Waals surface area contributed by atoms with Crippen LogP contribution in [0.15, 0.2) is 48.5 Å². The Labute approximate surface area is 105 Å². The summed E-state index contributed by atoms with van der Waals surface area (Å²) in [7, 11) is 2.70. The van der Waals surface area contributed by atoms with Crippen LogP contribution in [0.25, 0.3) is 0 Å². The third-order valence-corrected chi connectivity index (χ3v) is 2.97. The van der Waals surface area contributed by atoms with E-state index in [1.165, 1.54) is 22.0 Å². The van der Waals surface area contributed by atoms with E-state index in [1.807, 2.05) is 6.07 Å². The minimum atomic E-state index is 0.663. The van der Waals surface area contributed by atoms with Crippen molar-refractivity contribution in [1.82, 2.24) is 0 Å². The second kappa shape index (κ2) is 5.95. The minimum absolute atomic E-state index is 0.663. The van der Waals surface area contributed by atoms with E-state index in [9.17, 15) is 0 Å². The van der Waals surface area contributed by atoms with Crippen molar-refractivity contribution in [2.45, 2.75) is 20.1 Å². The molecular formula is C15H17OP. The first-order chi connectivity index (χ1) is 8.24. The average molecular weight is 244 g/mol. The molecule has 0 fully saturated rings. The molecule has 0 aliphatic carbocycles. The number of benzene rings is 2. The van der Waals surface area contributed by atoms with Gasteiger partial charge in [-0.05, 0) is 29.4 Å². The summed E-state index contributed by atoms with van der Waals surface area (Å²) >= 11 is 0. The Morgan fingerprint density at radius 2 is 1.65 bits per heavy atom.